The first-order chi connectivity index (χ1) is 12.0. The fraction of sp³-hybridized carbons (Fsp3) is 0.158. The molecule has 0 bridgehead atoms. The molecule has 0 aliphatic carbocycles. The number of hydrogen-bond donors (Lipinski definition) is 1. The number of halogens is 1. The van der Waals surface area contributed by atoms with Crippen molar-refractivity contribution in [1.82, 2.24) is 5.32 Å². The van der Waals surface area contributed by atoms with Gasteiger partial charge in [0.25, 0.3) is 5.69 Å². The molecule has 2 atom stereocenters. The van der Waals surface area contributed by atoms with Crippen LogP contribution in [-0.4, -0.2) is 4.92 Å². The summed E-state index contributed by atoms with van der Waals surface area (Å²) in [6.07, 6.45) is 0. The van der Waals surface area contributed by atoms with Crippen LogP contribution in [0, 0.1) is 15.9 Å². The van der Waals surface area contributed by atoms with E-state index >= 15 is 0 Å². The Balaban J connectivity index is 1.98. The van der Waals surface area contributed by atoms with Gasteiger partial charge in [0.1, 0.15) is 5.82 Å². The smallest absolute Gasteiger partial charge is 0.269 e. The Labute approximate surface area is 149 Å². The second-order valence-corrected chi connectivity index (χ2v) is 6.72. The lowest BCUT2D eigenvalue weighted by molar-refractivity contribution is -0.384. The van der Waals surface area contributed by atoms with Crippen LogP contribution >= 0.6 is 11.3 Å². The lowest BCUT2D eigenvalue weighted by Crippen LogP contribution is -2.25. The Hall–Kier alpha value is -2.57. The average Bonchev–Trinajstić information content (AvgIpc) is 3.15. The van der Waals surface area contributed by atoms with Gasteiger partial charge in [0, 0.05) is 23.1 Å². The highest BCUT2D eigenvalue weighted by Crippen LogP contribution is 2.29. The van der Waals surface area contributed by atoms with E-state index in [0.29, 0.717) is 0 Å². The minimum atomic E-state index is -0.409. The van der Waals surface area contributed by atoms with Crippen molar-refractivity contribution in [1.29, 1.82) is 0 Å². The Kier molecular flexibility index (Phi) is 5.21. The van der Waals surface area contributed by atoms with Crippen molar-refractivity contribution in [2.45, 2.75) is 19.0 Å². The van der Waals surface area contributed by atoms with Gasteiger partial charge in [0.05, 0.1) is 11.0 Å². The maximum absolute atomic E-state index is 13.3. The van der Waals surface area contributed by atoms with Gasteiger partial charge in [0.15, 0.2) is 0 Å². The van der Waals surface area contributed by atoms with E-state index in [2.05, 4.69) is 5.32 Å². The van der Waals surface area contributed by atoms with E-state index in [1.54, 1.807) is 35.6 Å². The molecule has 0 aliphatic heterocycles. The van der Waals surface area contributed by atoms with Gasteiger partial charge in [-0.3, -0.25) is 15.4 Å². The molecule has 4 nitrogen and oxygen atoms in total. The molecule has 3 aromatic rings. The molecule has 6 heteroatoms. The number of nitro benzene ring substituents is 1. The predicted octanol–water partition coefficient (Wildman–Crippen LogP) is 5.24. The number of thiophene rings is 1. The highest BCUT2D eigenvalue weighted by molar-refractivity contribution is 7.10. The molecule has 0 saturated heterocycles. The van der Waals surface area contributed by atoms with Gasteiger partial charge in [0.2, 0.25) is 0 Å². The number of benzene rings is 2. The maximum atomic E-state index is 13.3. The summed E-state index contributed by atoms with van der Waals surface area (Å²) in [7, 11) is 0. The van der Waals surface area contributed by atoms with Crippen molar-refractivity contribution in [2.24, 2.45) is 0 Å². The first-order valence-corrected chi connectivity index (χ1v) is 8.72. The summed E-state index contributed by atoms with van der Waals surface area (Å²) in [6, 6.07) is 16.5. The molecule has 0 fully saturated rings. The molecule has 1 N–H and O–H groups in total. The van der Waals surface area contributed by atoms with Crippen LogP contribution in [0.4, 0.5) is 10.1 Å². The second kappa shape index (κ2) is 7.55. The van der Waals surface area contributed by atoms with Gasteiger partial charge < -0.3 is 0 Å². The number of nitrogens with one attached hydrogen (secondary N) is 1. The molecule has 25 heavy (non-hydrogen) atoms. The third-order valence-electron chi connectivity index (χ3n) is 4.00. The topological polar surface area (TPSA) is 55.2 Å². The highest BCUT2D eigenvalue weighted by Gasteiger charge is 2.20. The van der Waals surface area contributed by atoms with Crippen molar-refractivity contribution in [2.75, 3.05) is 0 Å². The van der Waals surface area contributed by atoms with Crippen molar-refractivity contribution < 1.29 is 9.31 Å². The summed E-state index contributed by atoms with van der Waals surface area (Å²) < 4.78 is 13.3. The molecule has 1 heterocycles. The average molecular weight is 356 g/mol. The van der Waals surface area contributed by atoms with Gasteiger partial charge in [-0.1, -0.05) is 30.3 Å². The summed E-state index contributed by atoms with van der Waals surface area (Å²) in [4.78, 5) is 11.9. The van der Waals surface area contributed by atoms with Crippen LogP contribution in [0.15, 0.2) is 66.0 Å². The number of hydrogen-bond acceptors (Lipinski definition) is 4. The van der Waals surface area contributed by atoms with Crippen molar-refractivity contribution in [3.05, 3.63) is 98.0 Å². The maximum Gasteiger partial charge on any atom is 0.269 e. The molecule has 3 rings (SSSR count). The molecule has 0 saturated carbocycles. The molecular formula is C19H17FN2O2S. The van der Waals surface area contributed by atoms with E-state index in [1.165, 1.54) is 18.2 Å². The Morgan fingerprint density at radius 2 is 1.84 bits per heavy atom. The van der Waals surface area contributed by atoms with Gasteiger partial charge >= 0.3 is 0 Å². The third-order valence-corrected chi connectivity index (χ3v) is 5.06. The Morgan fingerprint density at radius 1 is 1.08 bits per heavy atom. The Bertz CT molecular complexity index is 850. The zero-order chi connectivity index (χ0) is 17.8. The Morgan fingerprint density at radius 3 is 2.48 bits per heavy atom. The molecule has 128 valence electrons. The van der Waals surface area contributed by atoms with Crippen LogP contribution in [0.3, 0.4) is 0 Å². The molecule has 2 unspecified atom stereocenters. The second-order valence-electron chi connectivity index (χ2n) is 5.74. The SMILES string of the molecule is CC(NC(c1ccc(F)cc1)c1cccc([N+](=O)[O-])c1)c1cccs1. The third kappa shape index (κ3) is 4.10. The molecule has 0 amide bonds. The highest BCUT2D eigenvalue weighted by atomic mass is 32.1. The van der Waals surface area contributed by atoms with E-state index in [-0.39, 0.29) is 23.6 Å². The van der Waals surface area contributed by atoms with Crippen LogP contribution in [0.2, 0.25) is 0 Å². The fourth-order valence-corrected chi connectivity index (χ4v) is 3.47. The van der Waals surface area contributed by atoms with Crippen LogP contribution in [0.5, 0.6) is 0 Å². The van der Waals surface area contributed by atoms with E-state index in [0.717, 1.165) is 16.0 Å². The number of nitrogens with zero attached hydrogens (tertiary/aromatic N) is 1. The first kappa shape index (κ1) is 17.3. The standard InChI is InChI=1S/C19H17FN2O2S/c1-13(18-6-3-11-25-18)21-19(14-7-9-16(20)10-8-14)15-4-2-5-17(12-15)22(23)24/h2-13,19,21H,1H3. The van der Waals surface area contributed by atoms with E-state index in [4.69, 9.17) is 0 Å². The zero-order valence-electron chi connectivity index (χ0n) is 13.6. The zero-order valence-corrected chi connectivity index (χ0v) is 14.4. The number of non-ortho nitro benzene ring substituents is 1. The van der Waals surface area contributed by atoms with E-state index in [9.17, 15) is 14.5 Å². The summed E-state index contributed by atoms with van der Waals surface area (Å²) in [5.74, 6) is -0.312. The van der Waals surface area contributed by atoms with E-state index < -0.39 is 4.92 Å². The summed E-state index contributed by atoms with van der Waals surface area (Å²) in [5, 5.41) is 16.6. The van der Waals surface area contributed by atoms with Crippen molar-refractivity contribution in [3.8, 4) is 0 Å². The molecule has 0 aliphatic rings. The van der Waals surface area contributed by atoms with Crippen molar-refractivity contribution in [3.63, 3.8) is 0 Å². The largest absolute Gasteiger partial charge is 0.299 e. The normalized spacial score (nSPS) is 13.4. The molecule has 0 spiro atoms. The lowest BCUT2D eigenvalue weighted by Gasteiger charge is -2.24. The molecule has 1 aromatic heterocycles. The minimum Gasteiger partial charge on any atom is -0.299 e. The van der Waals surface area contributed by atoms with Crippen LogP contribution in [0.1, 0.15) is 35.0 Å². The quantitative estimate of drug-likeness (QED) is 0.486. The van der Waals surface area contributed by atoms with Crippen LogP contribution < -0.4 is 5.32 Å². The minimum absolute atomic E-state index is 0.0372. The monoisotopic (exact) mass is 356 g/mol. The van der Waals surface area contributed by atoms with E-state index in [1.807, 2.05) is 30.5 Å². The van der Waals surface area contributed by atoms with Crippen LogP contribution in [0.25, 0.3) is 0 Å². The van der Waals surface area contributed by atoms with Gasteiger partial charge in [-0.15, -0.1) is 11.3 Å². The number of nitro groups is 1. The molecular weight excluding hydrogens is 339 g/mol. The summed E-state index contributed by atoms with van der Waals surface area (Å²) >= 11 is 1.64. The fourth-order valence-electron chi connectivity index (χ4n) is 2.73. The van der Waals surface area contributed by atoms with Crippen molar-refractivity contribution >= 4 is 17.0 Å². The van der Waals surface area contributed by atoms with Gasteiger partial charge in [-0.2, -0.15) is 0 Å². The first-order valence-electron chi connectivity index (χ1n) is 7.84. The summed E-state index contributed by atoms with van der Waals surface area (Å²) in [6.45, 7) is 2.04. The predicted molar refractivity (Wildman–Crippen MR) is 97.2 cm³/mol. The van der Waals surface area contributed by atoms with Crippen LogP contribution in [-0.2, 0) is 0 Å². The lowest BCUT2D eigenvalue weighted by atomic mass is 9.97. The molecule has 2 aromatic carbocycles. The van der Waals surface area contributed by atoms with Gasteiger partial charge in [-0.25, -0.2) is 4.39 Å². The van der Waals surface area contributed by atoms with Gasteiger partial charge in [-0.05, 0) is 41.6 Å². The number of rotatable bonds is 6. The molecule has 0 radical (unpaired) electrons. The summed E-state index contributed by atoms with van der Waals surface area (Å²) in [5.41, 5.74) is 1.66.